The molecule has 2 N–H and O–H groups in total. The number of benzene rings is 3. The smallest absolute Gasteiger partial charge is 0.329 e. The Labute approximate surface area is 206 Å². The minimum Gasteiger partial charge on any atom is -0.450 e. The molecule has 0 atom stereocenters. The van der Waals surface area contributed by atoms with E-state index in [-0.39, 0.29) is 22.2 Å². The summed E-state index contributed by atoms with van der Waals surface area (Å²) < 4.78 is 5.46. The van der Waals surface area contributed by atoms with Gasteiger partial charge in [0, 0.05) is 11.1 Å². The average molecular weight is 518 g/mol. The second kappa shape index (κ2) is 11.0. The number of non-ortho nitro benzene ring substituents is 1. The Morgan fingerprint density at radius 2 is 1.63 bits per heavy atom. The summed E-state index contributed by atoms with van der Waals surface area (Å²) in [5.74, 6) is -2.04. The molecule has 0 fully saturated rings. The summed E-state index contributed by atoms with van der Waals surface area (Å²) in [4.78, 5) is 44.4. The number of nitrogens with zero attached hydrogens (tertiary/aromatic N) is 3. The molecule has 178 valence electrons. The third-order valence-corrected chi connectivity index (χ3v) is 4.79. The van der Waals surface area contributed by atoms with E-state index in [9.17, 15) is 29.8 Å². The van der Waals surface area contributed by atoms with E-state index < -0.39 is 33.0 Å². The highest BCUT2D eigenvalue weighted by Gasteiger charge is 2.21. The molecule has 35 heavy (non-hydrogen) atoms. The van der Waals surface area contributed by atoms with Crippen LogP contribution in [0.2, 0.25) is 10.0 Å². The van der Waals surface area contributed by atoms with E-state index in [0.717, 1.165) is 18.2 Å². The normalized spacial score (nSPS) is 10.6. The van der Waals surface area contributed by atoms with Gasteiger partial charge >= 0.3 is 17.5 Å². The quantitative estimate of drug-likeness (QED) is 0.198. The zero-order valence-electron chi connectivity index (χ0n) is 17.3. The zero-order chi connectivity index (χ0) is 25.5. The zero-order valence-corrected chi connectivity index (χ0v) is 18.8. The molecule has 12 nitrogen and oxygen atoms in total. The van der Waals surface area contributed by atoms with Crippen LogP contribution in [0.5, 0.6) is 11.5 Å². The van der Waals surface area contributed by atoms with E-state index in [0.29, 0.717) is 10.6 Å². The number of halogens is 2. The molecule has 2 amide bonds. The summed E-state index contributed by atoms with van der Waals surface area (Å²) in [7, 11) is 0. The summed E-state index contributed by atoms with van der Waals surface area (Å²) in [5, 5.41) is 28.5. The third kappa shape index (κ3) is 6.72. The van der Waals surface area contributed by atoms with E-state index >= 15 is 0 Å². The Morgan fingerprint density at radius 3 is 2.29 bits per heavy atom. The van der Waals surface area contributed by atoms with Gasteiger partial charge < -0.3 is 10.1 Å². The van der Waals surface area contributed by atoms with E-state index in [2.05, 4.69) is 15.8 Å². The van der Waals surface area contributed by atoms with Crippen molar-refractivity contribution in [1.29, 1.82) is 0 Å². The van der Waals surface area contributed by atoms with Crippen LogP contribution in [-0.4, -0.2) is 27.9 Å². The van der Waals surface area contributed by atoms with Gasteiger partial charge in [0.1, 0.15) is 5.75 Å². The fourth-order valence-corrected chi connectivity index (χ4v) is 2.92. The minimum absolute atomic E-state index is 0.159. The number of rotatable bonds is 7. The number of nitro groups is 2. The maximum absolute atomic E-state index is 12.0. The second-order valence-electron chi connectivity index (χ2n) is 6.61. The molecule has 3 rings (SSSR count). The van der Waals surface area contributed by atoms with E-state index in [1.165, 1.54) is 48.7 Å². The molecule has 0 aliphatic heterocycles. The molecule has 0 aromatic heterocycles. The van der Waals surface area contributed by atoms with Gasteiger partial charge in [0.25, 0.3) is 5.69 Å². The van der Waals surface area contributed by atoms with Crippen LogP contribution in [0.3, 0.4) is 0 Å². The van der Waals surface area contributed by atoms with Crippen molar-refractivity contribution in [2.45, 2.75) is 0 Å². The number of nitrogens with one attached hydrogen (secondary N) is 2. The molecule has 0 aliphatic carbocycles. The van der Waals surface area contributed by atoms with E-state index in [1.807, 2.05) is 0 Å². The van der Waals surface area contributed by atoms with Gasteiger partial charge in [-0.05, 0) is 54.1 Å². The summed E-state index contributed by atoms with van der Waals surface area (Å²) in [6.07, 6.45) is 1.25. The van der Waals surface area contributed by atoms with Crippen LogP contribution in [0.15, 0.2) is 65.8 Å². The molecule has 0 radical (unpaired) electrons. The minimum atomic E-state index is -1.05. The first-order valence-corrected chi connectivity index (χ1v) is 10.2. The predicted octanol–water partition coefficient (Wildman–Crippen LogP) is 4.69. The molecular formula is C21H13Cl2N5O7. The third-order valence-electron chi connectivity index (χ3n) is 4.22. The number of anilines is 1. The highest BCUT2D eigenvalue weighted by atomic mass is 35.5. The van der Waals surface area contributed by atoms with Crippen LogP contribution >= 0.6 is 23.2 Å². The van der Waals surface area contributed by atoms with Crippen molar-refractivity contribution in [3.05, 3.63) is 96.5 Å². The summed E-state index contributed by atoms with van der Waals surface area (Å²) in [5.41, 5.74) is 1.70. The first-order chi connectivity index (χ1) is 16.6. The average Bonchev–Trinajstić information content (AvgIpc) is 2.82. The monoisotopic (exact) mass is 517 g/mol. The van der Waals surface area contributed by atoms with E-state index in [1.54, 1.807) is 0 Å². The Hall–Kier alpha value is -4.55. The van der Waals surface area contributed by atoms with Crippen molar-refractivity contribution in [1.82, 2.24) is 5.43 Å². The Morgan fingerprint density at radius 1 is 0.914 bits per heavy atom. The molecular weight excluding hydrogens is 505 g/mol. The second-order valence-corrected chi connectivity index (χ2v) is 7.46. The number of hydrogen-bond acceptors (Lipinski definition) is 8. The number of hydrogen-bond donors (Lipinski definition) is 2. The lowest BCUT2D eigenvalue weighted by atomic mass is 10.2. The maximum Gasteiger partial charge on any atom is 0.329 e. The van der Waals surface area contributed by atoms with Gasteiger partial charge in [-0.15, -0.1) is 0 Å². The van der Waals surface area contributed by atoms with Gasteiger partial charge in [-0.25, -0.2) is 5.43 Å². The highest BCUT2D eigenvalue weighted by Crippen LogP contribution is 2.34. The number of ether oxygens (including phenoxy) is 1. The summed E-state index contributed by atoms with van der Waals surface area (Å²) in [6, 6.07) is 13.3. The van der Waals surface area contributed by atoms with Gasteiger partial charge in [-0.2, -0.15) is 5.10 Å². The molecule has 14 heteroatoms. The standard InChI is InChI=1S/C21H13Cl2N5O7/c22-13-3-7-16(23)17(9-13)25-20(29)21(30)26-24-11-12-1-5-15(6-2-12)35-19-8-4-14(27(31)32)10-18(19)28(33)34/h1-11H,(H,25,29)(H,26,30)/b24-11+. The van der Waals surface area contributed by atoms with Crippen LogP contribution in [0, 0.1) is 20.2 Å². The van der Waals surface area contributed by atoms with Gasteiger partial charge in [0.2, 0.25) is 5.75 Å². The van der Waals surface area contributed by atoms with Crippen LogP contribution in [0.1, 0.15) is 5.56 Å². The number of amides is 2. The molecule has 0 heterocycles. The van der Waals surface area contributed by atoms with Gasteiger partial charge in [-0.1, -0.05) is 23.2 Å². The Kier molecular flexibility index (Phi) is 7.92. The van der Waals surface area contributed by atoms with Gasteiger partial charge in [0.15, 0.2) is 0 Å². The molecule has 0 saturated heterocycles. The summed E-state index contributed by atoms with van der Waals surface area (Å²) in [6.45, 7) is 0. The van der Waals surface area contributed by atoms with Crippen molar-refractivity contribution in [3.8, 4) is 11.5 Å². The van der Waals surface area contributed by atoms with Crippen LogP contribution < -0.4 is 15.5 Å². The molecule has 3 aromatic rings. The van der Waals surface area contributed by atoms with Crippen molar-refractivity contribution < 1.29 is 24.2 Å². The molecule has 0 bridgehead atoms. The fourth-order valence-electron chi connectivity index (χ4n) is 2.59. The molecule has 3 aromatic carbocycles. The largest absolute Gasteiger partial charge is 0.450 e. The lowest BCUT2D eigenvalue weighted by Gasteiger charge is -2.07. The summed E-state index contributed by atoms with van der Waals surface area (Å²) >= 11 is 11.8. The van der Waals surface area contributed by atoms with Crippen molar-refractivity contribution in [3.63, 3.8) is 0 Å². The Balaban J connectivity index is 1.60. The predicted molar refractivity (Wildman–Crippen MR) is 127 cm³/mol. The molecule has 0 spiro atoms. The van der Waals surface area contributed by atoms with Crippen molar-refractivity contribution >= 4 is 58.3 Å². The Bertz CT molecular complexity index is 1350. The number of carbonyl (C=O) groups excluding carboxylic acids is 2. The molecule has 0 unspecified atom stereocenters. The van der Waals surface area contributed by atoms with Crippen molar-refractivity contribution in [2.75, 3.05) is 5.32 Å². The number of nitro benzene ring substituents is 2. The van der Waals surface area contributed by atoms with Gasteiger partial charge in [-0.3, -0.25) is 29.8 Å². The number of hydrazone groups is 1. The first-order valence-electron chi connectivity index (χ1n) is 9.44. The SMILES string of the molecule is O=C(N/N=C/c1ccc(Oc2ccc([N+](=O)[O-])cc2[N+](=O)[O-])cc1)C(=O)Nc1cc(Cl)ccc1Cl. The van der Waals surface area contributed by atoms with Crippen LogP contribution in [0.4, 0.5) is 17.1 Å². The first kappa shape index (κ1) is 25.1. The highest BCUT2D eigenvalue weighted by molar-refractivity contribution is 6.42. The number of carbonyl (C=O) groups is 2. The van der Waals surface area contributed by atoms with Gasteiger partial charge in [0.05, 0.1) is 32.8 Å². The van der Waals surface area contributed by atoms with Crippen LogP contribution in [0.25, 0.3) is 0 Å². The van der Waals surface area contributed by atoms with Crippen LogP contribution in [-0.2, 0) is 9.59 Å². The van der Waals surface area contributed by atoms with Crippen molar-refractivity contribution in [2.24, 2.45) is 5.10 Å². The maximum atomic E-state index is 12.0. The topological polar surface area (TPSA) is 166 Å². The fraction of sp³-hybridized carbons (Fsp3) is 0. The lowest BCUT2D eigenvalue weighted by molar-refractivity contribution is -0.394. The molecule has 0 saturated carbocycles. The van der Waals surface area contributed by atoms with E-state index in [4.69, 9.17) is 27.9 Å². The lowest BCUT2D eigenvalue weighted by Crippen LogP contribution is -2.32. The molecule has 0 aliphatic rings.